The number of fused-ring (bicyclic) bond motifs is 2. The summed E-state index contributed by atoms with van der Waals surface area (Å²) in [4.78, 5) is 7.18. The van der Waals surface area contributed by atoms with Crippen molar-refractivity contribution in [2.45, 2.75) is 0 Å². The lowest BCUT2D eigenvalue weighted by atomic mass is 10.2. The fourth-order valence-electron chi connectivity index (χ4n) is 3.19. The number of nitrogens with zero attached hydrogens (tertiary/aromatic N) is 3. The molecule has 0 spiro atoms. The van der Waals surface area contributed by atoms with Crippen LogP contribution in [-0.4, -0.2) is 38.3 Å². The molecule has 1 aliphatic rings. The van der Waals surface area contributed by atoms with Gasteiger partial charge in [0.25, 0.3) is 0 Å². The van der Waals surface area contributed by atoms with Crippen LogP contribution in [0.5, 0.6) is 0 Å². The first-order chi connectivity index (χ1) is 13.3. The number of anilines is 2. The van der Waals surface area contributed by atoms with Gasteiger partial charge in [-0.3, -0.25) is 0 Å². The summed E-state index contributed by atoms with van der Waals surface area (Å²) >= 11 is 0. The quantitative estimate of drug-likeness (QED) is 0.358. The zero-order valence-corrected chi connectivity index (χ0v) is 16.3. The fraction of sp³-hybridized carbons (Fsp3) is 0.333. The van der Waals surface area contributed by atoms with E-state index < -0.39 is 10.2 Å². The molecule has 2 heterocycles. The van der Waals surface area contributed by atoms with Crippen molar-refractivity contribution in [2.75, 3.05) is 43.6 Å². The lowest BCUT2D eigenvalue weighted by Crippen LogP contribution is -2.68. The Hall–Kier alpha value is -2.27. The third-order valence-corrected chi connectivity index (χ3v) is 4.56. The van der Waals surface area contributed by atoms with Crippen LogP contribution in [0.3, 0.4) is 0 Å². The summed E-state index contributed by atoms with van der Waals surface area (Å²) in [6.45, 7) is 3.48. The first-order valence-electron chi connectivity index (χ1n) is 8.62. The van der Waals surface area contributed by atoms with Crippen molar-refractivity contribution in [3.05, 3.63) is 36.4 Å². The van der Waals surface area contributed by atoms with Crippen molar-refractivity contribution in [1.29, 1.82) is 0 Å². The molecule has 0 radical (unpaired) electrons. The molecule has 10 heteroatoms. The predicted molar refractivity (Wildman–Crippen MR) is 93.0 cm³/mol. The number of aromatic nitrogens is 2. The van der Waals surface area contributed by atoms with Gasteiger partial charge in [0.05, 0.1) is 13.2 Å². The van der Waals surface area contributed by atoms with Gasteiger partial charge in [0.1, 0.15) is 18.1 Å². The minimum absolute atomic E-state index is 0.797. The zero-order valence-electron chi connectivity index (χ0n) is 15.6. The van der Waals surface area contributed by atoms with Gasteiger partial charge in [0.15, 0.2) is 0 Å². The third kappa shape index (κ3) is 4.96. The largest absolute Gasteiger partial charge is 0.388 e. The summed E-state index contributed by atoms with van der Waals surface area (Å²) < 4.78 is 41.6. The molecule has 1 saturated heterocycles. The second kappa shape index (κ2) is 8.39. The van der Waals surface area contributed by atoms with Crippen molar-refractivity contribution in [2.24, 2.45) is 7.05 Å². The maximum absolute atomic E-state index is 8.49. The van der Waals surface area contributed by atoms with E-state index in [4.69, 9.17) is 28.4 Å². The molecule has 0 bridgehead atoms. The average Bonchev–Trinajstić information content (AvgIpc) is 2.67. The van der Waals surface area contributed by atoms with Crippen LogP contribution in [-0.2, 0) is 11.8 Å². The molecule has 0 unspecified atom stereocenters. The highest BCUT2D eigenvalue weighted by Gasteiger charge is 2.17. The summed E-state index contributed by atoms with van der Waals surface area (Å²) in [7, 11) is -0.902. The summed E-state index contributed by atoms with van der Waals surface area (Å²) in [5.74, 6) is 0. The molecule has 1 aromatic heterocycles. The summed E-state index contributed by atoms with van der Waals surface area (Å²) in [6.07, 6.45) is 0. The van der Waals surface area contributed by atoms with Gasteiger partial charge in [-0.15, -0.1) is 10.2 Å². The van der Waals surface area contributed by atoms with E-state index in [0.29, 0.717) is 0 Å². The second-order valence-corrected chi connectivity index (χ2v) is 7.03. The van der Waals surface area contributed by atoms with Crippen LogP contribution in [0.1, 0.15) is 0 Å². The molecular weight excluding hydrogens is 388 g/mol. The Labute approximate surface area is 164 Å². The van der Waals surface area contributed by atoms with Crippen LogP contribution in [0.15, 0.2) is 36.4 Å². The number of nitrogens with one attached hydrogen (secondary N) is 1. The van der Waals surface area contributed by atoms with Crippen LogP contribution in [0.25, 0.3) is 22.1 Å². The van der Waals surface area contributed by atoms with Crippen molar-refractivity contribution in [3.63, 3.8) is 0 Å². The lowest BCUT2D eigenvalue weighted by Gasteiger charge is -2.28. The monoisotopic (exact) mass is 408 g/mol. The SMILES string of the molecule is CNc1ccc2nc3ccc(N4CCOCC4)cc3[n+](C)c2c1.[O-][Cl+3]([O-])([O-])[O-]. The molecule has 3 aromatic rings. The van der Waals surface area contributed by atoms with Crippen molar-refractivity contribution in [3.8, 4) is 0 Å². The van der Waals surface area contributed by atoms with Crippen LogP contribution in [0, 0.1) is 10.2 Å². The van der Waals surface area contributed by atoms with Crippen LogP contribution < -0.4 is 33.4 Å². The molecule has 150 valence electrons. The number of morpholine rings is 1. The minimum atomic E-state index is -4.94. The number of aryl methyl sites for hydroxylation is 1. The fourth-order valence-corrected chi connectivity index (χ4v) is 3.19. The molecule has 9 nitrogen and oxygen atoms in total. The minimum Gasteiger partial charge on any atom is -0.388 e. The van der Waals surface area contributed by atoms with E-state index in [-0.39, 0.29) is 0 Å². The van der Waals surface area contributed by atoms with Gasteiger partial charge < -0.3 is 15.0 Å². The molecule has 0 aliphatic carbocycles. The smallest absolute Gasteiger partial charge is 0.233 e. The summed E-state index contributed by atoms with van der Waals surface area (Å²) in [5.41, 5.74) is 6.64. The van der Waals surface area contributed by atoms with E-state index in [1.165, 1.54) is 5.69 Å². The van der Waals surface area contributed by atoms with E-state index in [1.54, 1.807) is 0 Å². The Bertz CT molecular complexity index is 967. The Morgan fingerprint density at radius 1 is 1.00 bits per heavy atom. The molecule has 0 atom stereocenters. The zero-order chi connectivity index (χ0) is 20.3. The Kier molecular flexibility index (Phi) is 6.14. The summed E-state index contributed by atoms with van der Waals surface area (Å²) in [5, 5.41) is 3.19. The number of halogens is 1. The van der Waals surface area contributed by atoms with Crippen molar-refractivity contribution in [1.82, 2.24) is 4.98 Å². The van der Waals surface area contributed by atoms with E-state index in [0.717, 1.165) is 54.1 Å². The highest BCUT2D eigenvalue weighted by atomic mass is 35.7. The molecule has 2 aromatic carbocycles. The van der Waals surface area contributed by atoms with Crippen molar-refractivity contribution < 1.29 is 38.2 Å². The highest BCUT2D eigenvalue weighted by molar-refractivity contribution is 5.85. The first-order valence-corrected chi connectivity index (χ1v) is 9.85. The molecule has 1 N–H and O–H groups in total. The Morgan fingerprint density at radius 3 is 2.18 bits per heavy atom. The number of ether oxygens (including phenoxy) is 1. The molecule has 1 aliphatic heterocycles. The van der Waals surface area contributed by atoms with Crippen LogP contribution in [0.4, 0.5) is 11.4 Å². The van der Waals surface area contributed by atoms with E-state index >= 15 is 0 Å². The van der Waals surface area contributed by atoms with E-state index in [9.17, 15) is 0 Å². The number of hydrogen-bond donors (Lipinski definition) is 1. The third-order valence-electron chi connectivity index (χ3n) is 4.56. The molecule has 0 saturated carbocycles. The number of hydrogen-bond acceptors (Lipinski definition) is 8. The van der Waals surface area contributed by atoms with Gasteiger partial charge in [-0.2, -0.15) is 4.57 Å². The lowest BCUT2D eigenvalue weighted by molar-refractivity contribution is -2.00. The van der Waals surface area contributed by atoms with Gasteiger partial charge in [-0.25, -0.2) is 23.6 Å². The average molecular weight is 409 g/mol. The highest BCUT2D eigenvalue weighted by Crippen LogP contribution is 2.23. The molecule has 1 fully saturated rings. The van der Waals surface area contributed by atoms with Gasteiger partial charge in [0.2, 0.25) is 11.0 Å². The van der Waals surface area contributed by atoms with Gasteiger partial charge in [-0.05, 0) is 24.3 Å². The maximum atomic E-state index is 8.49. The van der Waals surface area contributed by atoms with E-state index in [2.05, 4.69) is 58.2 Å². The van der Waals surface area contributed by atoms with E-state index in [1.807, 2.05) is 7.05 Å². The molecule has 4 rings (SSSR count). The Balaban J connectivity index is 0.000000403. The maximum Gasteiger partial charge on any atom is 0.233 e. The second-order valence-electron chi connectivity index (χ2n) is 6.27. The standard InChI is InChI=1S/C18H20N4O.ClHO4/c1-19-13-3-5-15-17(11-13)21(2)18-12-14(4-6-16(18)20-15)22-7-9-23-10-8-22;2-1(3,4)5/h3-6,11-12H,7-10H2,1-2H3;(H,2,3,4,5). The first kappa shape index (κ1) is 20.5. The van der Waals surface area contributed by atoms with Gasteiger partial charge >= 0.3 is 0 Å². The molecular formula is C18H21ClN4O5. The Morgan fingerprint density at radius 2 is 1.57 bits per heavy atom. The van der Waals surface area contributed by atoms with Crippen LogP contribution in [0.2, 0.25) is 0 Å². The normalized spacial score (nSPS) is 14.7. The number of benzene rings is 2. The summed E-state index contributed by atoms with van der Waals surface area (Å²) in [6, 6.07) is 12.8. The van der Waals surface area contributed by atoms with Crippen LogP contribution >= 0.6 is 0 Å². The molecule has 28 heavy (non-hydrogen) atoms. The molecule has 0 amide bonds. The predicted octanol–water partition coefficient (Wildman–Crippen LogP) is -2.67. The van der Waals surface area contributed by atoms with Gasteiger partial charge in [-0.1, -0.05) is 0 Å². The van der Waals surface area contributed by atoms with Gasteiger partial charge in [0, 0.05) is 43.6 Å². The number of rotatable bonds is 2. The topological polar surface area (TPSA) is 134 Å². The van der Waals surface area contributed by atoms with Crippen molar-refractivity contribution >= 4 is 33.4 Å².